The van der Waals surface area contributed by atoms with Gasteiger partial charge in [-0.05, 0) is 19.8 Å². The number of alkyl halides is 3. The predicted molar refractivity (Wildman–Crippen MR) is 63.0 cm³/mol. The first-order chi connectivity index (χ1) is 9.15. The lowest BCUT2D eigenvalue weighted by Gasteiger charge is -2.38. The molecule has 1 aliphatic carbocycles. The normalized spacial score (nSPS) is 27.1. The number of carboxylic acids is 1. The second-order valence-electron chi connectivity index (χ2n) is 5.20. The molecule has 0 spiro atoms. The summed E-state index contributed by atoms with van der Waals surface area (Å²) in [5.74, 6) is -1.74. The Morgan fingerprint density at radius 3 is 2.60 bits per heavy atom. The Kier molecular flexibility index (Phi) is 5.38. The van der Waals surface area contributed by atoms with Crippen LogP contribution in [0, 0.1) is 5.41 Å². The second kappa shape index (κ2) is 6.43. The number of carboxylic acid groups (broad SMARTS) is 1. The fourth-order valence-electron chi connectivity index (χ4n) is 2.32. The zero-order valence-electron chi connectivity index (χ0n) is 11.1. The molecular formula is C12H18F3NO4. The van der Waals surface area contributed by atoms with Gasteiger partial charge in [-0.3, -0.25) is 9.59 Å². The maximum Gasteiger partial charge on any atom is 0.411 e. The molecule has 2 atom stereocenters. The van der Waals surface area contributed by atoms with Gasteiger partial charge in [-0.1, -0.05) is 12.8 Å². The van der Waals surface area contributed by atoms with Gasteiger partial charge in [0.1, 0.15) is 13.2 Å². The lowest BCUT2D eigenvalue weighted by atomic mass is 9.71. The molecule has 0 radical (unpaired) electrons. The molecule has 20 heavy (non-hydrogen) atoms. The van der Waals surface area contributed by atoms with E-state index in [-0.39, 0.29) is 0 Å². The highest BCUT2D eigenvalue weighted by Gasteiger charge is 2.43. The minimum absolute atomic E-state index is 0.427. The Morgan fingerprint density at radius 1 is 1.40 bits per heavy atom. The van der Waals surface area contributed by atoms with Crippen LogP contribution in [-0.4, -0.2) is 42.4 Å². The Balaban J connectivity index is 2.49. The molecule has 0 aromatic heterocycles. The first kappa shape index (κ1) is 16.7. The molecule has 0 aromatic carbocycles. The van der Waals surface area contributed by atoms with E-state index in [1.165, 1.54) is 6.92 Å². The van der Waals surface area contributed by atoms with Crippen molar-refractivity contribution in [1.82, 2.24) is 5.32 Å². The number of hydrogen-bond acceptors (Lipinski definition) is 3. The minimum Gasteiger partial charge on any atom is -0.481 e. The summed E-state index contributed by atoms with van der Waals surface area (Å²) in [6.45, 7) is -0.691. The Hall–Kier alpha value is -1.31. The maximum atomic E-state index is 11.9. The third-order valence-corrected chi connectivity index (χ3v) is 3.53. The summed E-state index contributed by atoms with van der Waals surface area (Å²) < 4.78 is 39.8. The molecule has 2 N–H and O–H groups in total. The van der Waals surface area contributed by atoms with Crippen molar-refractivity contribution in [2.24, 2.45) is 5.41 Å². The fourth-order valence-corrected chi connectivity index (χ4v) is 2.32. The number of aliphatic carboxylic acids is 1. The van der Waals surface area contributed by atoms with Crippen molar-refractivity contribution in [3.8, 4) is 0 Å². The number of carbonyl (C=O) groups excluding carboxylic acids is 1. The summed E-state index contributed by atoms with van der Waals surface area (Å²) >= 11 is 0. The highest BCUT2D eigenvalue weighted by Crippen LogP contribution is 2.36. The molecule has 0 aromatic rings. The molecule has 0 saturated heterocycles. The van der Waals surface area contributed by atoms with Gasteiger partial charge in [0.05, 0.1) is 5.41 Å². The van der Waals surface area contributed by atoms with Crippen molar-refractivity contribution < 1.29 is 32.6 Å². The summed E-state index contributed by atoms with van der Waals surface area (Å²) in [7, 11) is 0. The van der Waals surface area contributed by atoms with Gasteiger partial charge >= 0.3 is 12.1 Å². The van der Waals surface area contributed by atoms with Crippen molar-refractivity contribution in [3.05, 3.63) is 0 Å². The molecule has 0 heterocycles. The third kappa shape index (κ3) is 4.66. The summed E-state index contributed by atoms with van der Waals surface area (Å²) in [5.41, 5.74) is -1.09. The van der Waals surface area contributed by atoms with Gasteiger partial charge in [0.2, 0.25) is 5.91 Å². The molecule has 1 aliphatic rings. The van der Waals surface area contributed by atoms with Crippen LogP contribution < -0.4 is 5.32 Å². The first-order valence-corrected chi connectivity index (χ1v) is 6.32. The van der Waals surface area contributed by atoms with Gasteiger partial charge in [-0.15, -0.1) is 0 Å². The van der Waals surface area contributed by atoms with Gasteiger partial charge in [0.25, 0.3) is 0 Å². The van der Waals surface area contributed by atoms with Crippen molar-refractivity contribution in [3.63, 3.8) is 0 Å². The SMILES string of the molecule is CC1(C(=O)O)CCCCC1NC(=O)COCC(F)(F)F. The van der Waals surface area contributed by atoms with Crippen LogP contribution in [0.15, 0.2) is 0 Å². The number of rotatable bonds is 5. The van der Waals surface area contributed by atoms with Crippen LogP contribution in [-0.2, 0) is 14.3 Å². The number of nitrogens with one attached hydrogen (secondary N) is 1. The fraction of sp³-hybridized carbons (Fsp3) is 0.833. The quantitative estimate of drug-likeness (QED) is 0.810. The van der Waals surface area contributed by atoms with Gasteiger partial charge in [-0.2, -0.15) is 13.2 Å². The minimum atomic E-state index is -4.49. The van der Waals surface area contributed by atoms with E-state index >= 15 is 0 Å². The zero-order valence-corrected chi connectivity index (χ0v) is 11.1. The van der Waals surface area contributed by atoms with E-state index in [1.54, 1.807) is 0 Å². The highest BCUT2D eigenvalue weighted by molar-refractivity contribution is 5.80. The van der Waals surface area contributed by atoms with Crippen molar-refractivity contribution >= 4 is 11.9 Å². The van der Waals surface area contributed by atoms with Crippen LogP contribution in [0.25, 0.3) is 0 Å². The molecule has 0 bridgehead atoms. The lowest BCUT2D eigenvalue weighted by Crippen LogP contribution is -2.53. The third-order valence-electron chi connectivity index (χ3n) is 3.53. The predicted octanol–water partition coefficient (Wildman–Crippen LogP) is 1.71. The molecule has 1 amide bonds. The number of carbonyl (C=O) groups is 2. The largest absolute Gasteiger partial charge is 0.481 e. The van der Waals surface area contributed by atoms with Crippen LogP contribution in [0.4, 0.5) is 13.2 Å². The number of ether oxygens (including phenoxy) is 1. The lowest BCUT2D eigenvalue weighted by molar-refractivity contribution is -0.176. The number of halogens is 3. The second-order valence-corrected chi connectivity index (χ2v) is 5.20. The smallest absolute Gasteiger partial charge is 0.411 e. The Morgan fingerprint density at radius 2 is 2.05 bits per heavy atom. The van der Waals surface area contributed by atoms with E-state index in [4.69, 9.17) is 0 Å². The molecule has 2 unspecified atom stereocenters. The van der Waals surface area contributed by atoms with E-state index in [1.807, 2.05) is 0 Å². The van der Waals surface area contributed by atoms with Crippen LogP contribution in [0.2, 0.25) is 0 Å². The molecular weight excluding hydrogens is 279 g/mol. The van der Waals surface area contributed by atoms with E-state index in [0.29, 0.717) is 12.8 Å². The summed E-state index contributed by atoms with van der Waals surface area (Å²) in [6.07, 6.45) is -2.04. The van der Waals surface area contributed by atoms with Crippen molar-refractivity contribution in [2.45, 2.75) is 44.8 Å². The van der Waals surface area contributed by atoms with Crippen LogP contribution in [0.3, 0.4) is 0 Å². The van der Waals surface area contributed by atoms with E-state index in [0.717, 1.165) is 12.8 Å². The molecule has 1 fully saturated rings. The van der Waals surface area contributed by atoms with Crippen molar-refractivity contribution in [1.29, 1.82) is 0 Å². The van der Waals surface area contributed by atoms with E-state index < -0.39 is 42.7 Å². The van der Waals surface area contributed by atoms with Gasteiger partial charge in [0.15, 0.2) is 0 Å². The topological polar surface area (TPSA) is 75.6 Å². The van der Waals surface area contributed by atoms with Gasteiger partial charge < -0.3 is 15.2 Å². The first-order valence-electron chi connectivity index (χ1n) is 6.32. The maximum absolute atomic E-state index is 11.9. The average Bonchev–Trinajstić information content (AvgIpc) is 2.30. The Labute approximate surface area is 114 Å². The molecule has 5 nitrogen and oxygen atoms in total. The molecule has 1 rings (SSSR count). The molecule has 8 heteroatoms. The van der Waals surface area contributed by atoms with Gasteiger partial charge in [-0.25, -0.2) is 0 Å². The standard InChI is InChI=1S/C12H18F3NO4/c1-11(10(18)19)5-3-2-4-8(11)16-9(17)6-20-7-12(13,14)15/h8H,2-7H2,1H3,(H,16,17)(H,18,19). The monoisotopic (exact) mass is 297 g/mol. The summed E-state index contributed by atoms with van der Waals surface area (Å²) in [4.78, 5) is 22.8. The van der Waals surface area contributed by atoms with Crippen LogP contribution in [0.1, 0.15) is 32.6 Å². The average molecular weight is 297 g/mol. The number of hydrogen-bond donors (Lipinski definition) is 2. The summed E-state index contributed by atoms with van der Waals surface area (Å²) in [5, 5.41) is 11.7. The van der Waals surface area contributed by atoms with E-state index in [2.05, 4.69) is 10.1 Å². The number of amides is 1. The van der Waals surface area contributed by atoms with Crippen molar-refractivity contribution in [2.75, 3.05) is 13.2 Å². The highest BCUT2D eigenvalue weighted by atomic mass is 19.4. The molecule has 116 valence electrons. The van der Waals surface area contributed by atoms with E-state index in [9.17, 15) is 27.9 Å². The Bertz CT molecular complexity index is 372. The molecule has 0 aliphatic heterocycles. The zero-order chi connectivity index (χ0) is 15.4. The van der Waals surface area contributed by atoms with Gasteiger partial charge in [0, 0.05) is 6.04 Å². The molecule has 1 saturated carbocycles. The summed E-state index contributed by atoms with van der Waals surface area (Å²) in [6, 6.07) is -0.587. The van der Waals surface area contributed by atoms with Crippen LogP contribution >= 0.6 is 0 Å². The van der Waals surface area contributed by atoms with Crippen LogP contribution in [0.5, 0.6) is 0 Å².